The molecule has 28 heavy (non-hydrogen) atoms. The summed E-state index contributed by atoms with van der Waals surface area (Å²) in [5.74, 6) is -0.382. The van der Waals surface area contributed by atoms with E-state index in [1.165, 1.54) is 11.1 Å². The molecule has 0 aromatic heterocycles. The van der Waals surface area contributed by atoms with Crippen LogP contribution in [0.1, 0.15) is 74.3 Å². The first-order valence-corrected chi connectivity index (χ1v) is 10.6. The van der Waals surface area contributed by atoms with E-state index in [1.54, 1.807) is 0 Å². The van der Waals surface area contributed by atoms with Crippen LogP contribution in [0.2, 0.25) is 0 Å². The molecule has 0 bridgehead atoms. The van der Waals surface area contributed by atoms with E-state index in [0.717, 1.165) is 51.4 Å². The van der Waals surface area contributed by atoms with Crippen LogP contribution in [-0.2, 0) is 19.6 Å². The van der Waals surface area contributed by atoms with Crippen LogP contribution < -0.4 is 0 Å². The lowest BCUT2D eigenvalue weighted by molar-refractivity contribution is -0.662. The van der Waals surface area contributed by atoms with Crippen molar-refractivity contribution in [1.29, 1.82) is 0 Å². The summed E-state index contributed by atoms with van der Waals surface area (Å²) in [6.45, 7) is 0. The second kappa shape index (κ2) is 7.60. The largest absolute Gasteiger partial charge is 0.234 e. The topological polar surface area (TPSA) is 36.9 Å². The molecule has 2 aromatic carbocycles. The van der Waals surface area contributed by atoms with Crippen molar-refractivity contribution >= 4 is 0 Å². The van der Waals surface area contributed by atoms with Crippen LogP contribution in [0.4, 0.5) is 0 Å². The zero-order chi connectivity index (χ0) is 18.9. The third-order valence-electron chi connectivity index (χ3n) is 6.73. The lowest BCUT2D eigenvalue weighted by Crippen LogP contribution is -2.53. The van der Waals surface area contributed by atoms with Crippen molar-refractivity contribution < 1.29 is 19.6 Å². The molecule has 1 heterocycles. The molecule has 3 aliphatic rings. The van der Waals surface area contributed by atoms with Gasteiger partial charge < -0.3 is 0 Å². The summed E-state index contributed by atoms with van der Waals surface area (Å²) in [6, 6.07) is 21.4. The molecule has 2 aliphatic carbocycles. The first-order valence-electron chi connectivity index (χ1n) is 10.6. The molecule has 2 saturated carbocycles. The zero-order valence-corrected chi connectivity index (χ0v) is 16.2. The Balaban J connectivity index is 1.15. The number of hydrogen-bond acceptors (Lipinski definition) is 4. The molecule has 4 nitrogen and oxygen atoms in total. The molecule has 0 N–H and O–H groups in total. The molecule has 4 heteroatoms. The standard InChI is InChI=1S/C24H28O4/c1-3-7-19(8-4-1)21-11-15-23(16-12-21)25-27-24(28-26-23)17-13-22(14-18-24)20-9-5-2-6-10-20/h1-10,21-22H,11-18H2. The Labute approximate surface area is 166 Å². The number of hydrogen-bond donors (Lipinski definition) is 0. The minimum atomic E-state index is -0.743. The van der Waals surface area contributed by atoms with Crippen molar-refractivity contribution in [2.75, 3.05) is 0 Å². The van der Waals surface area contributed by atoms with Crippen LogP contribution in [0, 0.1) is 0 Å². The Morgan fingerprint density at radius 2 is 0.821 bits per heavy atom. The summed E-state index contributed by atoms with van der Waals surface area (Å²) in [5, 5.41) is 0. The average molecular weight is 380 g/mol. The third kappa shape index (κ3) is 3.62. The summed E-state index contributed by atoms with van der Waals surface area (Å²) < 4.78 is 0. The third-order valence-corrected chi connectivity index (χ3v) is 6.73. The highest BCUT2D eigenvalue weighted by Gasteiger charge is 2.51. The molecule has 2 aromatic rings. The van der Waals surface area contributed by atoms with Crippen molar-refractivity contribution in [2.24, 2.45) is 0 Å². The molecule has 0 amide bonds. The van der Waals surface area contributed by atoms with Gasteiger partial charge in [0.05, 0.1) is 0 Å². The smallest absolute Gasteiger partial charge is 0.195 e. The van der Waals surface area contributed by atoms with Gasteiger partial charge in [-0.3, -0.25) is 0 Å². The van der Waals surface area contributed by atoms with E-state index in [1.807, 2.05) is 0 Å². The minimum Gasteiger partial charge on any atom is -0.195 e. The molecule has 1 aliphatic heterocycles. The summed E-state index contributed by atoms with van der Waals surface area (Å²) in [6.07, 6.45) is 7.20. The van der Waals surface area contributed by atoms with Gasteiger partial charge >= 0.3 is 0 Å². The summed E-state index contributed by atoms with van der Waals surface area (Å²) >= 11 is 0. The minimum absolute atomic E-state index is 0.552. The van der Waals surface area contributed by atoms with Gasteiger partial charge in [-0.05, 0) is 48.6 Å². The first kappa shape index (κ1) is 18.3. The van der Waals surface area contributed by atoms with E-state index in [9.17, 15) is 0 Å². The van der Waals surface area contributed by atoms with Gasteiger partial charge in [-0.25, -0.2) is 0 Å². The van der Waals surface area contributed by atoms with Gasteiger partial charge in [-0.1, -0.05) is 60.7 Å². The SMILES string of the molecule is c1ccc(C2CCC3(CC2)OOC2(CCC(c4ccccc4)CC2)OO3)cc1. The Hall–Kier alpha value is -1.72. The predicted molar refractivity (Wildman–Crippen MR) is 105 cm³/mol. The average Bonchev–Trinajstić information content (AvgIpc) is 2.79. The van der Waals surface area contributed by atoms with Gasteiger partial charge in [-0.15, -0.1) is 0 Å². The Kier molecular flexibility index (Phi) is 4.97. The highest BCUT2D eigenvalue weighted by molar-refractivity contribution is 5.21. The van der Waals surface area contributed by atoms with Crippen molar-refractivity contribution in [1.82, 2.24) is 0 Å². The van der Waals surface area contributed by atoms with Gasteiger partial charge in [0.15, 0.2) is 0 Å². The second-order valence-electron chi connectivity index (χ2n) is 8.52. The highest BCUT2D eigenvalue weighted by atomic mass is 17.4. The number of benzene rings is 2. The van der Waals surface area contributed by atoms with Gasteiger partial charge in [0.2, 0.25) is 11.6 Å². The van der Waals surface area contributed by atoms with Crippen molar-refractivity contribution in [3.05, 3.63) is 71.8 Å². The highest BCUT2D eigenvalue weighted by Crippen LogP contribution is 2.48. The first-order chi connectivity index (χ1) is 13.8. The van der Waals surface area contributed by atoms with Gasteiger partial charge in [-0.2, -0.15) is 19.6 Å². The maximum atomic E-state index is 5.88. The number of rotatable bonds is 2. The van der Waals surface area contributed by atoms with E-state index < -0.39 is 11.6 Å². The molecule has 148 valence electrons. The molecule has 2 spiro atoms. The lowest BCUT2D eigenvalue weighted by Gasteiger charge is -2.47. The van der Waals surface area contributed by atoms with Crippen molar-refractivity contribution in [3.8, 4) is 0 Å². The van der Waals surface area contributed by atoms with Crippen molar-refractivity contribution in [3.63, 3.8) is 0 Å². The van der Waals surface area contributed by atoms with Crippen LogP contribution in [-0.4, -0.2) is 11.6 Å². The van der Waals surface area contributed by atoms with Gasteiger partial charge in [0.1, 0.15) is 0 Å². The van der Waals surface area contributed by atoms with E-state index >= 15 is 0 Å². The fourth-order valence-corrected chi connectivity index (χ4v) is 4.90. The quantitative estimate of drug-likeness (QED) is 0.598. The summed E-state index contributed by atoms with van der Waals surface area (Å²) in [5.41, 5.74) is 2.79. The van der Waals surface area contributed by atoms with Gasteiger partial charge in [0, 0.05) is 25.7 Å². The maximum absolute atomic E-state index is 5.88. The normalized spacial score (nSPS) is 35.9. The summed E-state index contributed by atoms with van der Waals surface area (Å²) in [4.78, 5) is 23.5. The fourth-order valence-electron chi connectivity index (χ4n) is 4.90. The van der Waals surface area contributed by atoms with Crippen LogP contribution in [0.15, 0.2) is 60.7 Å². The van der Waals surface area contributed by atoms with E-state index in [4.69, 9.17) is 19.6 Å². The van der Waals surface area contributed by atoms with Gasteiger partial charge in [0.25, 0.3) is 0 Å². The molecular formula is C24H28O4. The molecular weight excluding hydrogens is 352 g/mol. The Morgan fingerprint density at radius 1 is 0.500 bits per heavy atom. The molecule has 0 radical (unpaired) electrons. The predicted octanol–water partition coefficient (Wildman–Crippen LogP) is 6.00. The molecule has 5 rings (SSSR count). The molecule has 0 atom stereocenters. The van der Waals surface area contributed by atoms with E-state index in [2.05, 4.69) is 60.7 Å². The van der Waals surface area contributed by atoms with Crippen molar-refractivity contribution in [2.45, 2.75) is 74.8 Å². The van der Waals surface area contributed by atoms with Crippen LogP contribution in [0.3, 0.4) is 0 Å². The second-order valence-corrected chi connectivity index (χ2v) is 8.52. The molecule has 1 saturated heterocycles. The lowest BCUT2D eigenvalue weighted by atomic mass is 9.80. The summed E-state index contributed by atoms with van der Waals surface area (Å²) in [7, 11) is 0. The Bertz CT molecular complexity index is 680. The Morgan fingerprint density at radius 3 is 1.14 bits per heavy atom. The molecule has 0 unspecified atom stereocenters. The zero-order valence-electron chi connectivity index (χ0n) is 16.2. The van der Waals surface area contributed by atoms with Crippen LogP contribution in [0.5, 0.6) is 0 Å². The van der Waals surface area contributed by atoms with Crippen LogP contribution >= 0.6 is 0 Å². The monoisotopic (exact) mass is 380 g/mol. The fraction of sp³-hybridized carbons (Fsp3) is 0.500. The van der Waals surface area contributed by atoms with Crippen LogP contribution in [0.25, 0.3) is 0 Å². The molecule has 3 fully saturated rings. The maximum Gasteiger partial charge on any atom is 0.234 e. The van der Waals surface area contributed by atoms with E-state index in [0.29, 0.717) is 11.8 Å². The van der Waals surface area contributed by atoms with E-state index in [-0.39, 0.29) is 0 Å².